The van der Waals surface area contributed by atoms with Crippen LogP contribution in [0.1, 0.15) is 37.6 Å². The van der Waals surface area contributed by atoms with Gasteiger partial charge in [-0.1, -0.05) is 6.92 Å². The minimum atomic E-state index is -0.943. The average Bonchev–Trinajstić information content (AvgIpc) is 2.47. The zero-order valence-electron chi connectivity index (χ0n) is 12.0. The highest BCUT2D eigenvalue weighted by Gasteiger charge is 2.16. The number of carbonyl (C=O) groups is 1. The van der Waals surface area contributed by atoms with Crippen LogP contribution < -0.4 is 4.90 Å². The first-order valence-corrected chi connectivity index (χ1v) is 6.83. The lowest BCUT2D eigenvalue weighted by molar-refractivity contribution is 0.0697. The van der Waals surface area contributed by atoms with Crippen molar-refractivity contribution in [1.29, 1.82) is 0 Å². The molecule has 5 heteroatoms. The first-order valence-electron chi connectivity index (χ1n) is 6.83. The molecule has 1 atom stereocenters. The number of anilines is 1. The molecule has 5 nitrogen and oxygen atoms in total. The third-order valence-corrected chi connectivity index (χ3v) is 3.60. The van der Waals surface area contributed by atoms with E-state index in [0.717, 1.165) is 24.2 Å². The van der Waals surface area contributed by atoms with E-state index in [1.165, 1.54) is 6.33 Å². The SMILES string of the molecule is CCC(C)N(CC)c1ncnc2cc(C(=O)O)ccc12. The molecule has 1 heterocycles. The second kappa shape index (κ2) is 5.86. The summed E-state index contributed by atoms with van der Waals surface area (Å²) in [6.07, 6.45) is 2.51. The number of nitrogens with zero attached hydrogens (tertiary/aromatic N) is 3. The van der Waals surface area contributed by atoms with Crippen molar-refractivity contribution in [3.05, 3.63) is 30.1 Å². The molecule has 20 heavy (non-hydrogen) atoms. The minimum Gasteiger partial charge on any atom is -0.478 e. The van der Waals surface area contributed by atoms with E-state index in [0.29, 0.717) is 11.6 Å². The summed E-state index contributed by atoms with van der Waals surface area (Å²) in [6, 6.07) is 5.35. The van der Waals surface area contributed by atoms with Gasteiger partial charge in [-0.25, -0.2) is 14.8 Å². The lowest BCUT2D eigenvalue weighted by atomic mass is 10.1. The van der Waals surface area contributed by atoms with E-state index in [1.54, 1.807) is 18.2 Å². The van der Waals surface area contributed by atoms with Gasteiger partial charge in [0.25, 0.3) is 0 Å². The van der Waals surface area contributed by atoms with Gasteiger partial charge in [0.15, 0.2) is 0 Å². The van der Waals surface area contributed by atoms with Crippen LogP contribution in [0.2, 0.25) is 0 Å². The molecule has 0 spiro atoms. The fraction of sp³-hybridized carbons (Fsp3) is 0.400. The van der Waals surface area contributed by atoms with Crippen molar-refractivity contribution >= 4 is 22.7 Å². The van der Waals surface area contributed by atoms with Gasteiger partial charge in [0.1, 0.15) is 12.1 Å². The molecule has 0 radical (unpaired) electrons. The molecule has 0 saturated carbocycles. The number of carboxylic acids is 1. The summed E-state index contributed by atoms with van der Waals surface area (Å²) in [5, 5.41) is 9.93. The number of hydrogen-bond donors (Lipinski definition) is 1. The average molecular weight is 273 g/mol. The molecule has 1 unspecified atom stereocenters. The molecule has 0 aliphatic heterocycles. The molecule has 106 valence electrons. The van der Waals surface area contributed by atoms with E-state index in [9.17, 15) is 4.79 Å². The number of carboxylic acid groups (broad SMARTS) is 1. The van der Waals surface area contributed by atoms with Crippen molar-refractivity contribution in [3.63, 3.8) is 0 Å². The highest BCUT2D eigenvalue weighted by Crippen LogP contribution is 2.25. The van der Waals surface area contributed by atoms with E-state index in [4.69, 9.17) is 5.11 Å². The molecule has 0 fully saturated rings. The van der Waals surface area contributed by atoms with E-state index in [1.807, 2.05) is 0 Å². The second-order valence-corrected chi connectivity index (χ2v) is 4.78. The van der Waals surface area contributed by atoms with E-state index in [-0.39, 0.29) is 5.56 Å². The lowest BCUT2D eigenvalue weighted by Crippen LogP contribution is -2.33. The van der Waals surface area contributed by atoms with Gasteiger partial charge >= 0.3 is 5.97 Å². The summed E-state index contributed by atoms with van der Waals surface area (Å²) >= 11 is 0. The van der Waals surface area contributed by atoms with E-state index >= 15 is 0 Å². The van der Waals surface area contributed by atoms with Crippen LogP contribution in [0, 0.1) is 0 Å². The number of aromatic nitrogens is 2. The Hall–Kier alpha value is -2.17. The van der Waals surface area contributed by atoms with Gasteiger partial charge in [0.2, 0.25) is 0 Å². The number of benzene rings is 1. The van der Waals surface area contributed by atoms with Crippen LogP contribution in [0.4, 0.5) is 5.82 Å². The molecule has 1 N–H and O–H groups in total. The molecule has 0 saturated heterocycles. The fourth-order valence-corrected chi connectivity index (χ4v) is 2.30. The van der Waals surface area contributed by atoms with Crippen LogP contribution in [-0.2, 0) is 0 Å². The third kappa shape index (κ3) is 2.57. The van der Waals surface area contributed by atoms with Gasteiger partial charge in [-0.15, -0.1) is 0 Å². The first kappa shape index (κ1) is 14.2. The van der Waals surface area contributed by atoms with Gasteiger partial charge < -0.3 is 10.0 Å². The molecule has 1 aromatic heterocycles. The molecule has 1 aromatic carbocycles. The van der Waals surface area contributed by atoms with Crippen LogP contribution in [-0.4, -0.2) is 33.6 Å². The summed E-state index contributed by atoms with van der Waals surface area (Å²) < 4.78 is 0. The number of aromatic carboxylic acids is 1. The largest absolute Gasteiger partial charge is 0.478 e. The summed E-state index contributed by atoms with van der Waals surface area (Å²) in [4.78, 5) is 21.8. The molecule has 0 amide bonds. The summed E-state index contributed by atoms with van der Waals surface area (Å²) in [7, 11) is 0. The molecule has 2 aromatic rings. The van der Waals surface area contributed by atoms with Crippen LogP contribution in [0.15, 0.2) is 24.5 Å². The third-order valence-electron chi connectivity index (χ3n) is 3.60. The first-order chi connectivity index (χ1) is 9.58. The predicted octanol–water partition coefficient (Wildman–Crippen LogP) is 2.95. The fourth-order valence-electron chi connectivity index (χ4n) is 2.30. The maximum absolute atomic E-state index is 11.0. The van der Waals surface area contributed by atoms with Gasteiger partial charge in [-0.3, -0.25) is 0 Å². The zero-order valence-corrected chi connectivity index (χ0v) is 12.0. The Morgan fingerprint density at radius 2 is 2.10 bits per heavy atom. The Balaban J connectivity index is 2.57. The van der Waals surface area contributed by atoms with E-state index < -0.39 is 5.97 Å². The van der Waals surface area contributed by atoms with Crippen molar-refractivity contribution in [2.24, 2.45) is 0 Å². The topological polar surface area (TPSA) is 66.3 Å². The maximum atomic E-state index is 11.0. The van der Waals surface area contributed by atoms with Crippen molar-refractivity contribution in [2.75, 3.05) is 11.4 Å². The van der Waals surface area contributed by atoms with Crippen molar-refractivity contribution in [1.82, 2.24) is 9.97 Å². The van der Waals surface area contributed by atoms with Crippen LogP contribution in [0.3, 0.4) is 0 Å². The minimum absolute atomic E-state index is 0.244. The molecule has 0 bridgehead atoms. The van der Waals surface area contributed by atoms with Crippen LogP contribution >= 0.6 is 0 Å². The molecular weight excluding hydrogens is 254 g/mol. The van der Waals surface area contributed by atoms with Gasteiger partial charge in [0, 0.05) is 18.0 Å². The Kier molecular flexibility index (Phi) is 4.17. The quantitative estimate of drug-likeness (QED) is 0.907. The highest BCUT2D eigenvalue weighted by molar-refractivity contribution is 5.96. The van der Waals surface area contributed by atoms with Crippen molar-refractivity contribution in [2.45, 2.75) is 33.2 Å². The van der Waals surface area contributed by atoms with Crippen LogP contribution in [0.5, 0.6) is 0 Å². The maximum Gasteiger partial charge on any atom is 0.335 e. The van der Waals surface area contributed by atoms with Crippen molar-refractivity contribution < 1.29 is 9.90 Å². The Morgan fingerprint density at radius 1 is 1.35 bits per heavy atom. The molecular formula is C15H19N3O2. The second-order valence-electron chi connectivity index (χ2n) is 4.78. The van der Waals surface area contributed by atoms with E-state index in [2.05, 4.69) is 35.6 Å². The number of hydrogen-bond acceptors (Lipinski definition) is 4. The van der Waals surface area contributed by atoms with Crippen LogP contribution in [0.25, 0.3) is 10.9 Å². The standard InChI is InChI=1S/C15H19N3O2/c1-4-10(3)18(5-2)14-12-7-6-11(15(19)20)8-13(12)16-9-17-14/h6-10H,4-5H2,1-3H3,(H,19,20). The Morgan fingerprint density at radius 3 is 2.70 bits per heavy atom. The Labute approximate surface area is 118 Å². The van der Waals surface area contributed by atoms with Crippen molar-refractivity contribution in [3.8, 4) is 0 Å². The predicted molar refractivity (Wildman–Crippen MR) is 79.3 cm³/mol. The van der Waals surface area contributed by atoms with Gasteiger partial charge in [-0.2, -0.15) is 0 Å². The number of fused-ring (bicyclic) bond motifs is 1. The normalized spacial score (nSPS) is 12.3. The zero-order chi connectivity index (χ0) is 14.7. The Bertz CT molecular complexity index is 628. The molecule has 0 aliphatic rings. The lowest BCUT2D eigenvalue weighted by Gasteiger charge is -2.29. The molecule has 0 aliphatic carbocycles. The summed E-state index contributed by atoms with van der Waals surface area (Å²) in [5.41, 5.74) is 0.908. The monoisotopic (exact) mass is 273 g/mol. The smallest absolute Gasteiger partial charge is 0.335 e. The summed E-state index contributed by atoms with van der Waals surface area (Å²) in [5.74, 6) is -0.0786. The van der Waals surface area contributed by atoms with Gasteiger partial charge in [0.05, 0.1) is 11.1 Å². The highest BCUT2D eigenvalue weighted by atomic mass is 16.4. The summed E-state index contributed by atoms with van der Waals surface area (Å²) in [6.45, 7) is 7.23. The van der Waals surface area contributed by atoms with Gasteiger partial charge in [-0.05, 0) is 38.5 Å². The molecule has 2 rings (SSSR count). The number of rotatable bonds is 5.